The van der Waals surface area contributed by atoms with Crippen molar-refractivity contribution >= 4 is 32.5 Å². The van der Waals surface area contributed by atoms with Crippen LogP contribution in [0.1, 0.15) is 0 Å². The molecule has 9 aromatic carbocycles. The van der Waals surface area contributed by atoms with Gasteiger partial charge in [0, 0.05) is 10.9 Å². The number of furan rings is 1. The Bertz CT molecular complexity index is 2840. The average molecular weight is 675 g/mol. The second-order valence-corrected chi connectivity index (χ2v) is 13.6. The van der Waals surface area contributed by atoms with Gasteiger partial charge in [0.25, 0.3) is 0 Å². The van der Waals surface area contributed by atoms with Gasteiger partial charge in [-0.15, -0.1) is 0 Å². The van der Waals surface area contributed by atoms with Crippen LogP contribution in [0.2, 0.25) is 0 Å². The molecule has 0 saturated carbocycles. The lowest BCUT2D eigenvalue weighted by Crippen LogP contribution is -1.92. The van der Waals surface area contributed by atoms with Crippen molar-refractivity contribution in [2.75, 3.05) is 0 Å². The van der Waals surface area contributed by atoms with Crippen LogP contribution >= 0.6 is 0 Å². The van der Waals surface area contributed by atoms with E-state index in [1.807, 2.05) is 18.2 Å². The van der Waals surface area contributed by atoms with Crippen molar-refractivity contribution in [3.8, 4) is 67.0 Å². The van der Waals surface area contributed by atoms with Gasteiger partial charge in [-0.1, -0.05) is 182 Å². The first-order valence-electron chi connectivity index (χ1n) is 18.2. The molecule has 0 N–H and O–H groups in total. The fraction of sp³-hybridized carbons (Fsp3) is 0. The van der Waals surface area contributed by atoms with E-state index < -0.39 is 0 Å². The topological polar surface area (TPSA) is 13.1 Å². The van der Waals surface area contributed by atoms with Gasteiger partial charge in [0.1, 0.15) is 11.3 Å². The molecule has 0 unspecified atom stereocenters. The van der Waals surface area contributed by atoms with E-state index in [-0.39, 0.29) is 0 Å². The molecule has 0 fully saturated rings. The molecule has 10 rings (SSSR count). The highest BCUT2D eigenvalue weighted by Crippen LogP contribution is 2.46. The van der Waals surface area contributed by atoms with Crippen molar-refractivity contribution in [2.45, 2.75) is 0 Å². The van der Waals surface area contributed by atoms with Crippen LogP contribution in [0.3, 0.4) is 0 Å². The molecule has 0 aliphatic rings. The summed E-state index contributed by atoms with van der Waals surface area (Å²) in [6.45, 7) is 0. The molecule has 1 heterocycles. The number of benzene rings is 9. The third kappa shape index (κ3) is 5.51. The highest BCUT2D eigenvalue weighted by atomic mass is 16.3. The molecule has 1 heteroatoms. The van der Waals surface area contributed by atoms with Crippen LogP contribution in [0.4, 0.5) is 0 Å². The van der Waals surface area contributed by atoms with Gasteiger partial charge in [-0.3, -0.25) is 0 Å². The monoisotopic (exact) mass is 674 g/mol. The normalized spacial score (nSPS) is 11.4. The van der Waals surface area contributed by atoms with Crippen LogP contribution in [0.15, 0.2) is 211 Å². The SMILES string of the molecule is c1ccc(-c2ccc(-c3c4ccccc4c(-c4ccc(-c5ccc6oc(-c7ccccc7)cc6c5)c(-c5ccccc5)c4)c4ccccc34)cc2)cc1. The van der Waals surface area contributed by atoms with E-state index in [1.165, 1.54) is 71.6 Å². The Labute approximate surface area is 309 Å². The fourth-order valence-electron chi connectivity index (χ4n) is 7.97. The van der Waals surface area contributed by atoms with Gasteiger partial charge in [-0.05, 0) is 101 Å². The van der Waals surface area contributed by atoms with Gasteiger partial charge >= 0.3 is 0 Å². The second-order valence-electron chi connectivity index (χ2n) is 13.6. The van der Waals surface area contributed by atoms with Crippen molar-refractivity contribution < 1.29 is 4.42 Å². The Balaban J connectivity index is 1.15. The molecular formula is C52H34O. The van der Waals surface area contributed by atoms with Crippen LogP contribution in [-0.2, 0) is 0 Å². The molecule has 53 heavy (non-hydrogen) atoms. The maximum Gasteiger partial charge on any atom is 0.135 e. The van der Waals surface area contributed by atoms with Gasteiger partial charge in [0.2, 0.25) is 0 Å². The van der Waals surface area contributed by atoms with Gasteiger partial charge in [-0.2, -0.15) is 0 Å². The average Bonchev–Trinajstić information content (AvgIpc) is 3.67. The minimum absolute atomic E-state index is 0.880. The Hall–Kier alpha value is -6.96. The molecule has 1 nitrogen and oxygen atoms in total. The van der Waals surface area contributed by atoms with Crippen molar-refractivity contribution in [1.29, 1.82) is 0 Å². The van der Waals surface area contributed by atoms with E-state index in [0.29, 0.717) is 0 Å². The van der Waals surface area contributed by atoms with E-state index in [9.17, 15) is 0 Å². The molecule has 0 aliphatic carbocycles. The molecule has 0 bridgehead atoms. The Kier molecular flexibility index (Phi) is 7.55. The van der Waals surface area contributed by atoms with Gasteiger partial charge < -0.3 is 4.42 Å². The maximum absolute atomic E-state index is 6.29. The third-order valence-corrected chi connectivity index (χ3v) is 10.5. The predicted molar refractivity (Wildman–Crippen MR) is 224 cm³/mol. The quantitative estimate of drug-likeness (QED) is 0.160. The predicted octanol–water partition coefficient (Wildman–Crippen LogP) is 14.7. The molecule has 0 amide bonds. The van der Waals surface area contributed by atoms with E-state index in [0.717, 1.165) is 27.9 Å². The van der Waals surface area contributed by atoms with Crippen LogP contribution < -0.4 is 0 Å². The van der Waals surface area contributed by atoms with E-state index in [4.69, 9.17) is 4.42 Å². The lowest BCUT2D eigenvalue weighted by molar-refractivity contribution is 0.631. The highest BCUT2D eigenvalue weighted by Gasteiger charge is 2.19. The van der Waals surface area contributed by atoms with Crippen molar-refractivity contribution in [3.63, 3.8) is 0 Å². The summed E-state index contributed by atoms with van der Waals surface area (Å²) < 4.78 is 6.29. The van der Waals surface area contributed by atoms with Crippen LogP contribution in [0.25, 0.3) is 99.5 Å². The van der Waals surface area contributed by atoms with Gasteiger partial charge in [0.15, 0.2) is 0 Å². The zero-order valence-corrected chi connectivity index (χ0v) is 29.0. The Morgan fingerprint density at radius 3 is 1.32 bits per heavy atom. The minimum Gasteiger partial charge on any atom is -0.456 e. The highest BCUT2D eigenvalue weighted by molar-refractivity contribution is 6.21. The number of hydrogen-bond donors (Lipinski definition) is 0. The summed E-state index contributed by atoms with van der Waals surface area (Å²) in [4.78, 5) is 0. The van der Waals surface area contributed by atoms with E-state index in [1.54, 1.807) is 0 Å². The molecule has 10 aromatic rings. The van der Waals surface area contributed by atoms with E-state index >= 15 is 0 Å². The third-order valence-electron chi connectivity index (χ3n) is 10.5. The molecular weight excluding hydrogens is 641 g/mol. The Morgan fingerprint density at radius 1 is 0.264 bits per heavy atom. The van der Waals surface area contributed by atoms with Crippen LogP contribution in [-0.4, -0.2) is 0 Å². The molecule has 0 aliphatic heterocycles. The van der Waals surface area contributed by atoms with Crippen molar-refractivity contribution in [3.05, 3.63) is 206 Å². The van der Waals surface area contributed by atoms with Gasteiger partial charge in [0.05, 0.1) is 0 Å². The summed E-state index contributed by atoms with van der Waals surface area (Å²) in [5, 5.41) is 6.08. The van der Waals surface area contributed by atoms with Gasteiger partial charge in [-0.25, -0.2) is 0 Å². The Morgan fingerprint density at radius 2 is 0.717 bits per heavy atom. The first-order valence-corrected chi connectivity index (χ1v) is 18.2. The molecule has 0 atom stereocenters. The summed E-state index contributed by atoms with van der Waals surface area (Å²) in [5.74, 6) is 0.880. The van der Waals surface area contributed by atoms with Crippen molar-refractivity contribution in [1.82, 2.24) is 0 Å². The largest absolute Gasteiger partial charge is 0.456 e. The first-order chi connectivity index (χ1) is 26.3. The maximum atomic E-state index is 6.29. The minimum atomic E-state index is 0.880. The van der Waals surface area contributed by atoms with Crippen LogP contribution in [0, 0.1) is 0 Å². The summed E-state index contributed by atoms with van der Waals surface area (Å²) in [5.41, 5.74) is 14.1. The van der Waals surface area contributed by atoms with Crippen LogP contribution in [0.5, 0.6) is 0 Å². The molecule has 248 valence electrons. The summed E-state index contributed by atoms with van der Waals surface area (Å²) in [6.07, 6.45) is 0. The number of rotatable bonds is 6. The molecule has 0 spiro atoms. The smallest absolute Gasteiger partial charge is 0.135 e. The summed E-state index contributed by atoms with van der Waals surface area (Å²) >= 11 is 0. The van der Waals surface area contributed by atoms with Crippen molar-refractivity contribution in [2.24, 2.45) is 0 Å². The number of hydrogen-bond acceptors (Lipinski definition) is 1. The molecule has 1 aromatic heterocycles. The molecule has 0 saturated heterocycles. The zero-order chi connectivity index (χ0) is 35.1. The summed E-state index contributed by atoms with van der Waals surface area (Å²) in [7, 11) is 0. The fourth-order valence-corrected chi connectivity index (χ4v) is 7.97. The van der Waals surface area contributed by atoms with E-state index in [2.05, 4.69) is 188 Å². The zero-order valence-electron chi connectivity index (χ0n) is 29.0. The summed E-state index contributed by atoms with van der Waals surface area (Å²) in [6, 6.07) is 74.2. The second kappa shape index (κ2) is 13.0. The lowest BCUT2D eigenvalue weighted by Gasteiger charge is -2.19. The standard InChI is InChI=1S/C52H34O/c1-4-14-35(15-5-1)36-24-26-39(27-25-36)51-44-20-10-12-22-46(44)52(47-23-13-11-21-45(47)51)41-28-30-43(48(33-41)37-16-6-2-7-17-37)40-29-31-49-42(32-40)34-50(53-49)38-18-8-3-9-19-38/h1-34H. The number of fused-ring (bicyclic) bond motifs is 3. The molecule has 0 radical (unpaired) electrons. The first kappa shape index (κ1) is 30.8. The lowest BCUT2D eigenvalue weighted by atomic mass is 9.84.